The van der Waals surface area contributed by atoms with Crippen molar-refractivity contribution in [2.75, 3.05) is 4.90 Å². The van der Waals surface area contributed by atoms with Crippen LogP contribution >= 0.6 is 0 Å². The van der Waals surface area contributed by atoms with Crippen LogP contribution in [0.3, 0.4) is 0 Å². The van der Waals surface area contributed by atoms with E-state index in [2.05, 4.69) is 0 Å². The van der Waals surface area contributed by atoms with E-state index in [1.165, 1.54) is 17.0 Å². The maximum atomic E-state index is 14.8. The number of halogens is 1. The molecule has 1 aliphatic rings. The van der Waals surface area contributed by atoms with Crippen molar-refractivity contribution >= 4 is 23.1 Å². The average molecular weight is 415 g/mol. The van der Waals surface area contributed by atoms with E-state index >= 15 is 0 Å². The lowest BCUT2D eigenvalue weighted by atomic mass is 9.94. The predicted molar refractivity (Wildman–Crippen MR) is 118 cm³/mol. The Morgan fingerprint density at radius 3 is 2.23 bits per heavy atom. The third-order valence-electron chi connectivity index (χ3n) is 5.59. The first-order chi connectivity index (χ1) is 14.9. The van der Waals surface area contributed by atoms with E-state index in [4.69, 9.17) is 0 Å². The Balaban J connectivity index is 1.94. The summed E-state index contributed by atoms with van der Waals surface area (Å²) in [5.41, 5.74) is 2.94. The second-order valence-corrected chi connectivity index (χ2v) is 7.58. The number of anilines is 1. The molecule has 156 valence electrons. The maximum absolute atomic E-state index is 14.8. The number of rotatable bonds is 4. The predicted octanol–water partition coefficient (Wildman–Crippen LogP) is 5.32. The first-order valence-electron chi connectivity index (χ1n) is 10.1. The van der Waals surface area contributed by atoms with Crippen molar-refractivity contribution in [3.8, 4) is 0 Å². The molecule has 4 nitrogen and oxygen atoms in total. The van der Waals surface area contributed by atoms with Crippen molar-refractivity contribution in [2.24, 2.45) is 0 Å². The van der Waals surface area contributed by atoms with Crippen LogP contribution in [0.15, 0.2) is 78.4 Å². The highest BCUT2D eigenvalue weighted by Crippen LogP contribution is 2.42. The Hall–Kier alpha value is -3.73. The summed E-state index contributed by atoms with van der Waals surface area (Å²) >= 11 is 0. The summed E-state index contributed by atoms with van der Waals surface area (Å²) in [6.45, 7) is 3.92. The Morgan fingerprint density at radius 1 is 0.968 bits per heavy atom. The van der Waals surface area contributed by atoms with Gasteiger partial charge in [-0.3, -0.25) is 14.5 Å². The number of aliphatic hydroxyl groups excluding tert-OH is 1. The number of nitrogens with zero attached hydrogens (tertiary/aromatic N) is 1. The van der Waals surface area contributed by atoms with E-state index < -0.39 is 23.5 Å². The average Bonchev–Trinajstić information content (AvgIpc) is 3.05. The Bertz CT molecular complexity index is 1180. The summed E-state index contributed by atoms with van der Waals surface area (Å²) in [6.07, 6.45) is 0.827. The molecule has 1 saturated heterocycles. The van der Waals surface area contributed by atoms with Gasteiger partial charge in [0.2, 0.25) is 0 Å². The van der Waals surface area contributed by atoms with Crippen LogP contribution in [-0.4, -0.2) is 16.8 Å². The minimum Gasteiger partial charge on any atom is -0.507 e. The molecule has 0 radical (unpaired) electrons. The van der Waals surface area contributed by atoms with Crippen molar-refractivity contribution in [3.63, 3.8) is 0 Å². The van der Waals surface area contributed by atoms with Crippen molar-refractivity contribution in [1.29, 1.82) is 0 Å². The number of ketones is 1. The molecule has 1 N–H and O–H groups in total. The highest BCUT2D eigenvalue weighted by molar-refractivity contribution is 6.51. The standard InChI is InChI=1S/C26H22FNO3/c1-3-17-10-12-18(13-11-17)24(29)22-23(20-6-4-5-7-21(20)27)28(26(31)25(22)30)19-14-8-16(2)9-15-19/h4-15,23,29H,3H2,1-2H3/b24-22-. The van der Waals surface area contributed by atoms with Gasteiger partial charge in [0.25, 0.3) is 11.7 Å². The normalized spacial score (nSPS) is 17.9. The van der Waals surface area contributed by atoms with Crippen molar-refractivity contribution in [1.82, 2.24) is 0 Å². The van der Waals surface area contributed by atoms with Crippen molar-refractivity contribution in [3.05, 3.63) is 106 Å². The molecule has 3 aromatic carbocycles. The number of carbonyl (C=O) groups is 2. The van der Waals surface area contributed by atoms with E-state index in [1.54, 1.807) is 36.4 Å². The van der Waals surface area contributed by atoms with Gasteiger partial charge in [0.05, 0.1) is 11.6 Å². The number of carbonyl (C=O) groups excluding carboxylic acids is 2. The summed E-state index contributed by atoms with van der Waals surface area (Å²) in [4.78, 5) is 27.4. The minimum absolute atomic E-state index is 0.125. The van der Waals surface area contributed by atoms with Gasteiger partial charge in [-0.1, -0.05) is 67.1 Å². The van der Waals surface area contributed by atoms with E-state index in [1.807, 2.05) is 38.1 Å². The molecule has 0 aromatic heterocycles. The minimum atomic E-state index is -1.07. The summed E-state index contributed by atoms with van der Waals surface area (Å²) in [7, 11) is 0. The molecule has 1 atom stereocenters. The lowest BCUT2D eigenvalue weighted by Crippen LogP contribution is -2.29. The number of aryl methyl sites for hydroxylation is 2. The van der Waals surface area contributed by atoms with Gasteiger partial charge in [0, 0.05) is 16.8 Å². The Labute approximate surface area is 180 Å². The maximum Gasteiger partial charge on any atom is 0.300 e. The largest absolute Gasteiger partial charge is 0.507 e. The van der Waals surface area contributed by atoms with E-state index in [9.17, 15) is 19.1 Å². The van der Waals surface area contributed by atoms with E-state index in [0.717, 1.165) is 17.5 Å². The van der Waals surface area contributed by atoms with Gasteiger partial charge < -0.3 is 5.11 Å². The fourth-order valence-corrected chi connectivity index (χ4v) is 3.85. The van der Waals surface area contributed by atoms with Crippen LogP contribution in [0.4, 0.5) is 10.1 Å². The number of benzene rings is 3. The molecule has 1 amide bonds. The Kier molecular flexibility index (Phi) is 5.42. The first-order valence-corrected chi connectivity index (χ1v) is 10.1. The van der Waals surface area contributed by atoms with Crippen molar-refractivity contribution < 1.29 is 19.1 Å². The number of aliphatic hydroxyl groups is 1. The highest BCUT2D eigenvalue weighted by Gasteiger charge is 2.47. The third-order valence-corrected chi connectivity index (χ3v) is 5.59. The van der Waals surface area contributed by atoms with E-state index in [-0.39, 0.29) is 16.9 Å². The van der Waals surface area contributed by atoms with Crippen LogP contribution in [0.5, 0.6) is 0 Å². The molecule has 4 rings (SSSR count). The number of amides is 1. The van der Waals surface area contributed by atoms with Gasteiger partial charge in [-0.2, -0.15) is 0 Å². The molecule has 1 unspecified atom stereocenters. The van der Waals surface area contributed by atoms with Crippen LogP contribution in [0.2, 0.25) is 0 Å². The van der Waals surface area contributed by atoms with Gasteiger partial charge in [-0.05, 0) is 37.1 Å². The smallest absolute Gasteiger partial charge is 0.300 e. The zero-order valence-electron chi connectivity index (χ0n) is 17.3. The zero-order valence-corrected chi connectivity index (χ0v) is 17.3. The third kappa shape index (κ3) is 3.63. The molecule has 5 heteroatoms. The lowest BCUT2D eigenvalue weighted by molar-refractivity contribution is -0.132. The summed E-state index contributed by atoms with van der Waals surface area (Å²) in [5, 5.41) is 11.1. The van der Waals surface area contributed by atoms with Gasteiger partial charge in [0.15, 0.2) is 0 Å². The SMILES string of the molecule is CCc1ccc(/C(O)=C2/C(=O)C(=O)N(c3ccc(C)cc3)C2c2ccccc2F)cc1. The molecule has 3 aromatic rings. The van der Waals surface area contributed by atoms with Crippen LogP contribution < -0.4 is 4.90 Å². The molecule has 1 fully saturated rings. The fraction of sp³-hybridized carbons (Fsp3) is 0.154. The van der Waals surface area contributed by atoms with Gasteiger partial charge >= 0.3 is 0 Å². The van der Waals surface area contributed by atoms with Crippen LogP contribution in [0, 0.1) is 12.7 Å². The lowest BCUT2D eigenvalue weighted by Gasteiger charge is -2.25. The zero-order chi connectivity index (χ0) is 22.1. The molecule has 31 heavy (non-hydrogen) atoms. The first kappa shape index (κ1) is 20.5. The van der Waals surface area contributed by atoms with Gasteiger partial charge in [0.1, 0.15) is 11.6 Å². The van der Waals surface area contributed by atoms with Crippen LogP contribution in [0.25, 0.3) is 5.76 Å². The summed E-state index contributed by atoms with van der Waals surface area (Å²) < 4.78 is 14.8. The molecule has 1 aliphatic heterocycles. The molecule has 1 heterocycles. The topological polar surface area (TPSA) is 57.6 Å². The second kappa shape index (κ2) is 8.19. The van der Waals surface area contributed by atoms with Crippen LogP contribution in [0.1, 0.15) is 35.2 Å². The number of Topliss-reactive ketones (excluding diaryl/α,β-unsaturated/α-hetero) is 1. The van der Waals surface area contributed by atoms with Crippen molar-refractivity contribution in [2.45, 2.75) is 26.3 Å². The number of hydrogen-bond acceptors (Lipinski definition) is 3. The molecule has 0 bridgehead atoms. The second-order valence-electron chi connectivity index (χ2n) is 7.58. The van der Waals surface area contributed by atoms with Gasteiger partial charge in [-0.15, -0.1) is 0 Å². The monoisotopic (exact) mass is 415 g/mol. The number of hydrogen-bond donors (Lipinski definition) is 1. The molecule has 0 saturated carbocycles. The Morgan fingerprint density at radius 2 is 1.61 bits per heavy atom. The molecule has 0 spiro atoms. The van der Waals surface area contributed by atoms with Crippen LogP contribution in [-0.2, 0) is 16.0 Å². The summed E-state index contributed by atoms with van der Waals surface area (Å²) in [6, 6.07) is 19.1. The summed E-state index contributed by atoms with van der Waals surface area (Å²) in [5.74, 6) is -2.52. The quantitative estimate of drug-likeness (QED) is 0.356. The fourth-order valence-electron chi connectivity index (χ4n) is 3.85. The van der Waals surface area contributed by atoms with E-state index in [0.29, 0.717) is 11.3 Å². The molecule has 0 aliphatic carbocycles. The molecular formula is C26H22FNO3. The molecular weight excluding hydrogens is 393 g/mol. The highest BCUT2D eigenvalue weighted by atomic mass is 19.1. The van der Waals surface area contributed by atoms with Gasteiger partial charge in [-0.25, -0.2) is 4.39 Å².